The first-order valence-electron chi connectivity index (χ1n) is 13.5. The van der Waals surface area contributed by atoms with Gasteiger partial charge in [0.25, 0.3) is 5.91 Å². The third-order valence-electron chi connectivity index (χ3n) is 7.38. The summed E-state index contributed by atoms with van der Waals surface area (Å²) < 4.78 is 56.7. The zero-order chi connectivity index (χ0) is 28.3. The lowest BCUT2D eigenvalue weighted by Gasteiger charge is -2.31. The van der Waals surface area contributed by atoms with Crippen LogP contribution in [-0.4, -0.2) is 49.3 Å². The molecule has 1 aromatic heterocycles. The van der Waals surface area contributed by atoms with Crippen molar-refractivity contribution in [2.75, 3.05) is 41.7 Å². The number of halogens is 4. The number of hydrogen-bond donors (Lipinski definition) is 4. The summed E-state index contributed by atoms with van der Waals surface area (Å²) in [6.07, 6.45) is 4.33. The quantitative estimate of drug-likeness (QED) is 0.354. The highest BCUT2D eigenvalue weighted by Crippen LogP contribution is 2.37. The Hall–Kier alpha value is -3.86. The van der Waals surface area contributed by atoms with Gasteiger partial charge in [-0.1, -0.05) is 25.8 Å². The van der Waals surface area contributed by atoms with E-state index in [-0.39, 0.29) is 16.9 Å². The van der Waals surface area contributed by atoms with Gasteiger partial charge in [-0.25, -0.2) is 9.37 Å². The van der Waals surface area contributed by atoms with Gasteiger partial charge in [0, 0.05) is 61.4 Å². The Morgan fingerprint density at radius 3 is 2.52 bits per heavy atom. The predicted octanol–water partition coefficient (Wildman–Crippen LogP) is 5.47. The fourth-order valence-corrected chi connectivity index (χ4v) is 5.29. The van der Waals surface area contributed by atoms with Crippen LogP contribution in [0, 0.1) is 5.82 Å². The molecule has 2 aromatic rings. The molecule has 1 saturated carbocycles. The van der Waals surface area contributed by atoms with Gasteiger partial charge >= 0.3 is 6.18 Å². The average molecular weight is 557 g/mol. The highest BCUT2D eigenvalue weighted by atomic mass is 19.4. The van der Waals surface area contributed by atoms with E-state index in [1.165, 1.54) is 31.4 Å². The second kappa shape index (κ2) is 11.7. The summed E-state index contributed by atoms with van der Waals surface area (Å²) >= 11 is 0. The van der Waals surface area contributed by atoms with Gasteiger partial charge in [-0.05, 0) is 43.2 Å². The molecule has 2 aliphatic heterocycles. The van der Waals surface area contributed by atoms with E-state index < -0.39 is 29.0 Å². The summed E-state index contributed by atoms with van der Waals surface area (Å²) in [5.74, 6) is -0.790. The zero-order valence-electron chi connectivity index (χ0n) is 22.0. The maximum Gasteiger partial charge on any atom is 0.417 e. The van der Waals surface area contributed by atoms with E-state index in [4.69, 9.17) is 0 Å². The van der Waals surface area contributed by atoms with Crippen LogP contribution < -0.4 is 26.2 Å². The first-order chi connectivity index (χ1) is 19.2. The first-order valence-corrected chi connectivity index (χ1v) is 13.5. The molecule has 2 fully saturated rings. The lowest BCUT2D eigenvalue weighted by atomic mass is 9.95. The fraction of sp³-hybridized carbons (Fsp3) is 0.379. The molecule has 1 amide bonds. The standard InChI is InChI=1S/C29H32F4N6O/c1-18-13-23(29(31,32)33)22(17-35-18)28(40)38-25-14-21(24(30)15-26(25)39-11-9-34-10-12-39)19-7-8-27(36-16-19)37-20-5-3-2-4-6-20/h7-8,13-17,20,34-35H,1-6,9-12H2,(H,36,37)(H,38,40). The average Bonchev–Trinajstić information content (AvgIpc) is 2.95. The Balaban J connectivity index is 1.45. The molecule has 1 saturated heterocycles. The number of carbonyl (C=O) groups excluding carboxylic acids is 1. The molecular weight excluding hydrogens is 524 g/mol. The number of nitrogens with zero attached hydrogens (tertiary/aromatic N) is 2. The summed E-state index contributed by atoms with van der Waals surface area (Å²) in [5.41, 5.74) is -0.405. The van der Waals surface area contributed by atoms with Crippen molar-refractivity contribution >= 4 is 23.1 Å². The molecule has 1 aromatic carbocycles. The van der Waals surface area contributed by atoms with Crippen molar-refractivity contribution in [3.8, 4) is 11.1 Å². The van der Waals surface area contributed by atoms with Gasteiger partial charge in [0.15, 0.2) is 0 Å². The van der Waals surface area contributed by atoms with Gasteiger partial charge in [0.1, 0.15) is 11.6 Å². The lowest BCUT2D eigenvalue weighted by Crippen LogP contribution is -2.44. The number of alkyl halides is 3. The topological polar surface area (TPSA) is 81.3 Å². The molecule has 11 heteroatoms. The van der Waals surface area contributed by atoms with Gasteiger partial charge in [-0.15, -0.1) is 0 Å². The smallest absolute Gasteiger partial charge is 0.367 e. The number of aromatic nitrogens is 1. The van der Waals surface area contributed by atoms with Crippen LogP contribution in [0.1, 0.15) is 32.1 Å². The van der Waals surface area contributed by atoms with Crippen LogP contribution in [0.4, 0.5) is 34.8 Å². The zero-order valence-corrected chi connectivity index (χ0v) is 22.0. The number of piperazine rings is 1. The largest absolute Gasteiger partial charge is 0.417 e. The van der Waals surface area contributed by atoms with Gasteiger partial charge < -0.3 is 26.2 Å². The molecule has 40 heavy (non-hydrogen) atoms. The number of carbonyl (C=O) groups is 1. The summed E-state index contributed by atoms with van der Waals surface area (Å²) in [6.45, 7) is 5.88. The molecule has 0 bridgehead atoms. The maximum absolute atomic E-state index is 15.5. The van der Waals surface area contributed by atoms with Crippen molar-refractivity contribution in [3.05, 3.63) is 72.0 Å². The van der Waals surface area contributed by atoms with Gasteiger partial charge in [-0.3, -0.25) is 4.79 Å². The van der Waals surface area contributed by atoms with Crippen LogP contribution >= 0.6 is 0 Å². The Morgan fingerprint density at radius 1 is 1.10 bits per heavy atom. The number of rotatable bonds is 6. The molecular formula is C29H32F4N6O. The van der Waals surface area contributed by atoms with Crippen molar-refractivity contribution in [1.82, 2.24) is 15.6 Å². The molecule has 7 nitrogen and oxygen atoms in total. The van der Waals surface area contributed by atoms with Crippen LogP contribution in [0.3, 0.4) is 0 Å². The number of dihydropyridines is 1. The van der Waals surface area contributed by atoms with Crippen molar-refractivity contribution < 1.29 is 22.4 Å². The van der Waals surface area contributed by atoms with E-state index in [0.29, 0.717) is 49.3 Å². The van der Waals surface area contributed by atoms with Crippen molar-refractivity contribution in [3.63, 3.8) is 0 Å². The highest BCUT2D eigenvalue weighted by molar-refractivity contribution is 6.09. The maximum atomic E-state index is 15.5. The highest BCUT2D eigenvalue weighted by Gasteiger charge is 2.40. The molecule has 212 valence electrons. The first kappa shape index (κ1) is 27.7. The van der Waals surface area contributed by atoms with E-state index in [0.717, 1.165) is 25.1 Å². The Bertz CT molecular complexity index is 1320. The summed E-state index contributed by atoms with van der Waals surface area (Å²) in [5, 5.41) is 11.8. The van der Waals surface area contributed by atoms with E-state index >= 15 is 4.39 Å². The Kier molecular flexibility index (Phi) is 8.11. The van der Waals surface area contributed by atoms with E-state index in [1.807, 2.05) is 4.90 Å². The van der Waals surface area contributed by atoms with Crippen LogP contribution in [0.5, 0.6) is 0 Å². The second-order valence-electron chi connectivity index (χ2n) is 10.2. The third kappa shape index (κ3) is 6.30. The van der Waals surface area contributed by atoms with E-state index in [1.54, 1.807) is 18.3 Å². The molecule has 0 atom stereocenters. The number of allylic oxidation sites excluding steroid dienone is 1. The molecule has 3 heterocycles. The minimum absolute atomic E-state index is 0.0170. The van der Waals surface area contributed by atoms with Crippen molar-refractivity contribution in [2.45, 2.75) is 44.3 Å². The Morgan fingerprint density at radius 2 is 1.85 bits per heavy atom. The lowest BCUT2D eigenvalue weighted by molar-refractivity contribution is -0.115. The minimum Gasteiger partial charge on any atom is -0.367 e. The Labute approximate surface area is 230 Å². The minimum atomic E-state index is -4.76. The molecule has 3 aliphatic rings. The van der Waals surface area contributed by atoms with Gasteiger partial charge in [0.2, 0.25) is 0 Å². The summed E-state index contributed by atoms with van der Waals surface area (Å²) in [7, 11) is 0. The molecule has 4 N–H and O–H groups in total. The molecule has 0 radical (unpaired) electrons. The number of benzene rings is 1. The van der Waals surface area contributed by atoms with Crippen LogP contribution in [-0.2, 0) is 4.79 Å². The molecule has 1 aliphatic carbocycles. The normalized spacial score (nSPS) is 18.5. The predicted molar refractivity (Wildman–Crippen MR) is 148 cm³/mol. The van der Waals surface area contributed by atoms with Crippen LogP contribution in [0.25, 0.3) is 11.1 Å². The summed E-state index contributed by atoms with van der Waals surface area (Å²) in [4.78, 5) is 19.6. The summed E-state index contributed by atoms with van der Waals surface area (Å²) in [6, 6.07) is 6.68. The SMILES string of the molecule is C=C1C=C(C(F)(F)F)C(C(=O)Nc2cc(-c3ccc(NC4CCCCC4)nc3)c(F)cc2N2CCNCC2)=CN1. The fourth-order valence-electron chi connectivity index (χ4n) is 5.29. The molecule has 0 spiro atoms. The van der Waals surface area contributed by atoms with Gasteiger partial charge in [0.05, 0.1) is 22.5 Å². The van der Waals surface area contributed by atoms with Crippen LogP contribution in [0.2, 0.25) is 0 Å². The van der Waals surface area contributed by atoms with E-state index in [9.17, 15) is 18.0 Å². The number of amides is 1. The number of pyridine rings is 1. The van der Waals surface area contributed by atoms with E-state index in [2.05, 4.69) is 32.8 Å². The second-order valence-corrected chi connectivity index (χ2v) is 10.2. The molecule has 5 rings (SSSR count). The number of hydrogen-bond acceptors (Lipinski definition) is 6. The third-order valence-corrected chi connectivity index (χ3v) is 7.38. The van der Waals surface area contributed by atoms with Crippen molar-refractivity contribution in [1.29, 1.82) is 0 Å². The van der Waals surface area contributed by atoms with Gasteiger partial charge in [-0.2, -0.15) is 13.2 Å². The molecule has 0 unspecified atom stereocenters. The van der Waals surface area contributed by atoms with Crippen LogP contribution in [0.15, 0.2) is 66.2 Å². The number of nitrogens with one attached hydrogen (secondary N) is 4. The van der Waals surface area contributed by atoms with Crippen molar-refractivity contribution in [2.24, 2.45) is 0 Å². The monoisotopic (exact) mass is 556 g/mol. The number of anilines is 3.